The predicted molar refractivity (Wildman–Crippen MR) is 73.1 cm³/mol. The lowest BCUT2D eigenvalue weighted by molar-refractivity contribution is -0.132. The van der Waals surface area contributed by atoms with Crippen molar-refractivity contribution in [3.05, 3.63) is 35.9 Å². The summed E-state index contributed by atoms with van der Waals surface area (Å²) < 4.78 is 0. The molecule has 1 aromatic carbocycles. The average Bonchev–Trinajstić information content (AvgIpc) is 2.72. The number of amides is 1. The van der Waals surface area contributed by atoms with Gasteiger partial charge in [-0.3, -0.25) is 4.79 Å². The summed E-state index contributed by atoms with van der Waals surface area (Å²) in [6.45, 7) is 5.10. The second kappa shape index (κ2) is 4.81. The van der Waals surface area contributed by atoms with Gasteiger partial charge in [0.05, 0.1) is 5.54 Å². The number of benzene rings is 1. The second-order valence-corrected chi connectivity index (χ2v) is 5.80. The summed E-state index contributed by atoms with van der Waals surface area (Å²) in [6.07, 6.45) is 0.668. The summed E-state index contributed by atoms with van der Waals surface area (Å²) in [6, 6.07) is 10.2. The number of rotatable bonds is 3. The summed E-state index contributed by atoms with van der Waals surface area (Å²) in [7, 11) is 0. The molecule has 1 saturated heterocycles. The van der Waals surface area contributed by atoms with Crippen molar-refractivity contribution in [1.29, 1.82) is 0 Å². The molecule has 2 rings (SSSR count). The number of hydrogen-bond donors (Lipinski definition) is 0. The molecule has 1 heterocycles. The van der Waals surface area contributed by atoms with E-state index in [0.29, 0.717) is 12.3 Å². The van der Waals surface area contributed by atoms with E-state index in [1.54, 1.807) is 0 Å². The third-order valence-electron chi connectivity index (χ3n) is 3.58. The normalized spacial score (nSPS) is 21.0. The average molecular weight is 296 g/mol. The van der Waals surface area contributed by atoms with Gasteiger partial charge >= 0.3 is 0 Å². The van der Waals surface area contributed by atoms with Crippen molar-refractivity contribution in [2.24, 2.45) is 5.92 Å². The lowest BCUT2D eigenvalue weighted by Crippen LogP contribution is -2.42. The molecule has 1 fully saturated rings. The number of likely N-dealkylation sites (tertiary alicyclic amines) is 1. The number of carbonyl (C=O) groups is 1. The van der Waals surface area contributed by atoms with Crippen LogP contribution in [0.2, 0.25) is 0 Å². The van der Waals surface area contributed by atoms with Gasteiger partial charge in [-0.1, -0.05) is 46.3 Å². The lowest BCUT2D eigenvalue weighted by Gasteiger charge is -2.36. The van der Waals surface area contributed by atoms with Crippen molar-refractivity contribution in [3.8, 4) is 0 Å². The monoisotopic (exact) mass is 295 g/mol. The summed E-state index contributed by atoms with van der Waals surface area (Å²) in [5.41, 5.74) is 0.985. The molecule has 1 amide bonds. The molecule has 17 heavy (non-hydrogen) atoms. The van der Waals surface area contributed by atoms with Crippen LogP contribution in [0.15, 0.2) is 30.3 Å². The van der Waals surface area contributed by atoms with Crippen molar-refractivity contribution in [2.45, 2.75) is 25.8 Å². The number of halogens is 1. The highest BCUT2D eigenvalue weighted by Crippen LogP contribution is 2.33. The molecular weight excluding hydrogens is 278 g/mol. The maximum atomic E-state index is 12.1. The molecule has 1 aliphatic rings. The Morgan fingerprint density at radius 1 is 1.35 bits per heavy atom. The zero-order valence-electron chi connectivity index (χ0n) is 10.3. The van der Waals surface area contributed by atoms with Crippen LogP contribution >= 0.6 is 15.9 Å². The third kappa shape index (κ3) is 2.39. The van der Waals surface area contributed by atoms with Crippen molar-refractivity contribution < 1.29 is 4.79 Å². The van der Waals surface area contributed by atoms with Crippen molar-refractivity contribution in [2.75, 3.05) is 11.9 Å². The van der Waals surface area contributed by atoms with Gasteiger partial charge in [0.25, 0.3) is 0 Å². The Labute approximate surface area is 111 Å². The van der Waals surface area contributed by atoms with Crippen molar-refractivity contribution >= 4 is 21.8 Å². The molecule has 0 spiro atoms. The summed E-state index contributed by atoms with van der Waals surface area (Å²) in [5.74, 6) is 0.716. The Morgan fingerprint density at radius 2 is 2.00 bits per heavy atom. The zero-order valence-corrected chi connectivity index (χ0v) is 11.9. The number of alkyl halides is 1. The third-order valence-corrected chi connectivity index (χ3v) is 4.49. The number of hydrogen-bond acceptors (Lipinski definition) is 1. The SMILES string of the molecule is CC(C)(c1ccccc1)N1CC(CBr)CC1=O. The fourth-order valence-electron chi connectivity index (χ4n) is 2.43. The quantitative estimate of drug-likeness (QED) is 0.785. The maximum Gasteiger partial charge on any atom is 0.223 e. The summed E-state index contributed by atoms with van der Waals surface area (Å²) in [5, 5.41) is 0.903. The van der Waals surface area contributed by atoms with Crippen LogP contribution in [-0.2, 0) is 10.3 Å². The highest BCUT2D eigenvalue weighted by Gasteiger charge is 2.39. The van der Waals surface area contributed by atoms with E-state index in [1.807, 2.05) is 23.1 Å². The standard InChI is InChI=1S/C14H18BrNO/c1-14(2,12-6-4-3-5-7-12)16-10-11(9-15)8-13(16)17/h3-7,11H,8-10H2,1-2H3. The molecule has 1 aromatic rings. The molecule has 0 saturated carbocycles. The second-order valence-electron chi connectivity index (χ2n) is 5.15. The van der Waals surface area contributed by atoms with Gasteiger partial charge in [0, 0.05) is 18.3 Å². The molecule has 1 atom stereocenters. The molecule has 2 nitrogen and oxygen atoms in total. The molecule has 0 N–H and O–H groups in total. The maximum absolute atomic E-state index is 12.1. The smallest absolute Gasteiger partial charge is 0.223 e. The Kier molecular flexibility index (Phi) is 3.57. The number of nitrogens with zero attached hydrogens (tertiary/aromatic N) is 1. The molecule has 0 bridgehead atoms. The largest absolute Gasteiger partial charge is 0.333 e. The molecule has 1 unspecified atom stereocenters. The summed E-state index contributed by atoms with van der Waals surface area (Å²) >= 11 is 3.48. The van der Waals surface area contributed by atoms with Gasteiger partial charge in [-0.15, -0.1) is 0 Å². The minimum atomic E-state index is -0.213. The van der Waals surface area contributed by atoms with E-state index in [2.05, 4.69) is 41.9 Å². The van der Waals surface area contributed by atoms with Gasteiger partial charge in [0.1, 0.15) is 0 Å². The van der Waals surface area contributed by atoms with Crippen molar-refractivity contribution in [1.82, 2.24) is 4.90 Å². The minimum absolute atomic E-state index is 0.213. The fraction of sp³-hybridized carbons (Fsp3) is 0.500. The number of carbonyl (C=O) groups excluding carboxylic acids is 1. The van der Waals surface area contributed by atoms with Crippen LogP contribution in [0.25, 0.3) is 0 Å². The van der Waals surface area contributed by atoms with Gasteiger partial charge < -0.3 is 4.90 Å². The van der Waals surface area contributed by atoms with Gasteiger partial charge in [-0.05, 0) is 25.3 Å². The van der Waals surface area contributed by atoms with Gasteiger partial charge in [-0.25, -0.2) is 0 Å². The van der Waals surface area contributed by atoms with Crippen LogP contribution in [0.5, 0.6) is 0 Å². The first-order valence-electron chi connectivity index (χ1n) is 5.97. The van der Waals surface area contributed by atoms with Crippen LogP contribution < -0.4 is 0 Å². The van der Waals surface area contributed by atoms with Crippen LogP contribution in [0.3, 0.4) is 0 Å². The van der Waals surface area contributed by atoms with Gasteiger partial charge in [0.15, 0.2) is 0 Å². The Balaban J connectivity index is 2.24. The van der Waals surface area contributed by atoms with Crippen LogP contribution in [0.4, 0.5) is 0 Å². The first-order chi connectivity index (χ1) is 8.05. The lowest BCUT2D eigenvalue weighted by atomic mass is 9.92. The summed E-state index contributed by atoms with van der Waals surface area (Å²) in [4.78, 5) is 14.1. The van der Waals surface area contributed by atoms with E-state index in [0.717, 1.165) is 11.9 Å². The Bertz CT molecular complexity index is 402. The van der Waals surface area contributed by atoms with Crippen LogP contribution in [-0.4, -0.2) is 22.7 Å². The van der Waals surface area contributed by atoms with E-state index in [1.165, 1.54) is 5.56 Å². The highest BCUT2D eigenvalue weighted by molar-refractivity contribution is 9.09. The first kappa shape index (κ1) is 12.6. The van der Waals surface area contributed by atoms with E-state index >= 15 is 0 Å². The first-order valence-corrected chi connectivity index (χ1v) is 7.10. The molecule has 0 aliphatic carbocycles. The minimum Gasteiger partial charge on any atom is -0.333 e. The van der Waals surface area contributed by atoms with Crippen LogP contribution in [0, 0.1) is 5.92 Å². The molecule has 0 aromatic heterocycles. The molecule has 0 radical (unpaired) electrons. The predicted octanol–water partition coefficient (Wildman–Crippen LogP) is 3.17. The van der Waals surface area contributed by atoms with Gasteiger partial charge in [-0.2, -0.15) is 0 Å². The van der Waals surface area contributed by atoms with E-state index in [4.69, 9.17) is 0 Å². The highest BCUT2D eigenvalue weighted by atomic mass is 79.9. The molecule has 1 aliphatic heterocycles. The van der Waals surface area contributed by atoms with Gasteiger partial charge in [0.2, 0.25) is 5.91 Å². The van der Waals surface area contributed by atoms with Crippen LogP contribution in [0.1, 0.15) is 25.8 Å². The van der Waals surface area contributed by atoms with E-state index in [9.17, 15) is 4.79 Å². The molecule has 3 heteroatoms. The van der Waals surface area contributed by atoms with E-state index < -0.39 is 0 Å². The van der Waals surface area contributed by atoms with E-state index in [-0.39, 0.29) is 11.4 Å². The molecule has 92 valence electrons. The molecular formula is C14H18BrNO. The van der Waals surface area contributed by atoms with Crippen molar-refractivity contribution in [3.63, 3.8) is 0 Å². The topological polar surface area (TPSA) is 20.3 Å². The Morgan fingerprint density at radius 3 is 2.53 bits per heavy atom. The fourth-order valence-corrected chi connectivity index (χ4v) is 2.86. The zero-order chi connectivity index (χ0) is 12.5. The Hall–Kier alpha value is -0.830.